The van der Waals surface area contributed by atoms with Gasteiger partial charge in [-0.25, -0.2) is 0 Å². The summed E-state index contributed by atoms with van der Waals surface area (Å²) in [5.74, 6) is 1.48. The van der Waals surface area contributed by atoms with E-state index in [2.05, 4.69) is 6.92 Å². The van der Waals surface area contributed by atoms with Crippen LogP contribution >= 0.6 is 11.6 Å². The molecule has 1 aromatic carbocycles. The molecule has 20 heavy (non-hydrogen) atoms. The first-order valence-corrected chi connectivity index (χ1v) is 7.75. The largest absolute Gasteiger partial charge is 0.493 e. The maximum absolute atomic E-state index is 12.8. The highest BCUT2D eigenvalue weighted by atomic mass is 35.5. The molecule has 1 aromatic rings. The number of benzene rings is 1. The van der Waals surface area contributed by atoms with Crippen molar-refractivity contribution in [2.45, 2.75) is 31.1 Å². The third kappa shape index (κ3) is 2.51. The third-order valence-electron chi connectivity index (χ3n) is 4.43. The number of ether oxygens (including phenoxy) is 1. The number of halogens is 1. The summed E-state index contributed by atoms with van der Waals surface area (Å²) >= 11 is 6.33. The number of rotatable bonds is 1. The van der Waals surface area contributed by atoms with Crippen molar-refractivity contribution in [2.24, 2.45) is 5.92 Å². The highest BCUT2D eigenvalue weighted by Crippen LogP contribution is 2.35. The number of carbonyl (C=O) groups is 1. The molecule has 0 aromatic heterocycles. The zero-order valence-electron chi connectivity index (χ0n) is 11.7. The Hall–Kier alpha value is -1.22. The molecule has 1 amide bonds. The van der Waals surface area contributed by atoms with E-state index in [-0.39, 0.29) is 17.2 Å². The first-order valence-electron chi connectivity index (χ1n) is 7.31. The molecule has 108 valence electrons. The number of alkyl halides is 1. The SMILES string of the molecule is CC1CCN(C(=O)C2CCOc3ccccc32)CC1Cl. The molecule has 0 saturated carbocycles. The van der Waals surface area contributed by atoms with Crippen molar-refractivity contribution in [1.82, 2.24) is 4.90 Å². The van der Waals surface area contributed by atoms with Gasteiger partial charge in [0.2, 0.25) is 5.91 Å². The summed E-state index contributed by atoms with van der Waals surface area (Å²) < 4.78 is 5.63. The van der Waals surface area contributed by atoms with Crippen molar-refractivity contribution in [3.63, 3.8) is 0 Å². The molecule has 2 aliphatic rings. The summed E-state index contributed by atoms with van der Waals surface area (Å²) in [4.78, 5) is 14.7. The van der Waals surface area contributed by atoms with Crippen LogP contribution in [0.15, 0.2) is 24.3 Å². The molecule has 2 aliphatic heterocycles. The minimum atomic E-state index is -0.0720. The smallest absolute Gasteiger partial charge is 0.230 e. The van der Waals surface area contributed by atoms with Crippen molar-refractivity contribution < 1.29 is 9.53 Å². The zero-order valence-corrected chi connectivity index (χ0v) is 12.5. The molecular formula is C16H20ClNO2. The lowest BCUT2D eigenvalue weighted by Gasteiger charge is -2.37. The molecule has 0 spiro atoms. The summed E-state index contributed by atoms with van der Waals surface area (Å²) in [6.07, 6.45) is 1.75. The number of para-hydroxylation sites is 1. The van der Waals surface area contributed by atoms with Crippen LogP contribution in [0, 0.1) is 5.92 Å². The van der Waals surface area contributed by atoms with Gasteiger partial charge in [-0.3, -0.25) is 4.79 Å². The van der Waals surface area contributed by atoms with Gasteiger partial charge in [0.1, 0.15) is 5.75 Å². The fourth-order valence-corrected chi connectivity index (χ4v) is 3.33. The van der Waals surface area contributed by atoms with Gasteiger partial charge in [0.25, 0.3) is 0 Å². The van der Waals surface area contributed by atoms with E-state index in [9.17, 15) is 4.79 Å². The number of piperidine rings is 1. The number of carbonyl (C=O) groups excluding carboxylic acids is 1. The predicted octanol–water partition coefficient (Wildman–Crippen LogP) is 3.03. The van der Waals surface area contributed by atoms with Crippen molar-refractivity contribution in [3.8, 4) is 5.75 Å². The lowest BCUT2D eigenvalue weighted by Crippen LogP contribution is -2.46. The van der Waals surface area contributed by atoms with Crippen molar-refractivity contribution in [3.05, 3.63) is 29.8 Å². The number of fused-ring (bicyclic) bond motifs is 1. The molecule has 0 N–H and O–H groups in total. The summed E-state index contributed by atoms with van der Waals surface area (Å²) in [6, 6.07) is 7.86. The van der Waals surface area contributed by atoms with E-state index in [0.717, 1.165) is 30.7 Å². The predicted molar refractivity (Wildman–Crippen MR) is 79.3 cm³/mol. The molecule has 3 unspecified atom stereocenters. The second-order valence-corrected chi connectivity index (χ2v) is 6.35. The standard InChI is InChI=1S/C16H20ClNO2/c1-11-6-8-18(10-14(11)17)16(19)13-7-9-20-15-5-3-2-4-12(13)15/h2-5,11,13-14H,6-10H2,1H3. The topological polar surface area (TPSA) is 29.5 Å². The van der Waals surface area contributed by atoms with Crippen LogP contribution < -0.4 is 4.74 Å². The molecule has 1 saturated heterocycles. The number of likely N-dealkylation sites (tertiary alicyclic amines) is 1. The molecule has 1 fully saturated rings. The van der Waals surface area contributed by atoms with Gasteiger partial charge in [-0.1, -0.05) is 25.1 Å². The second-order valence-electron chi connectivity index (χ2n) is 5.79. The Morgan fingerprint density at radius 3 is 2.95 bits per heavy atom. The Balaban J connectivity index is 1.78. The van der Waals surface area contributed by atoms with Gasteiger partial charge in [0, 0.05) is 18.7 Å². The minimum Gasteiger partial charge on any atom is -0.493 e. The van der Waals surface area contributed by atoms with Gasteiger partial charge < -0.3 is 9.64 Å². The van der Waals surface area contributed by atoms with Crippen molar-refractivity contribution >= 4 is 17.5 Å². The van der Waals surface area contributed by atoms with Gasteiger partial charge in [0.05, 0.1) is 17.9 Å². The number of hydrogen-bond acceptors (Lipinski definition) is 2. The molecule has 3 atom stereocenters. The highest BCUT2D eigenvalue weighted by molar-refractivity contribution is 6.21. The first kappa shape index (κ1) is 13.7. The molecular weight excluding hydrogens is 274 g/mol. The van der Waals surface area contributed by atoms with Crippen LogP contribution in [0.25, 0.3) is 0 Å². The molecule has 0 bridgehead atoms. The fraction of sp³-hybridized carbons (Fsp3) is 0.562. The van der Waals surface area contributed by atoms with Crippen LogP contribution in [0.1, 0.15) is 31.2 Å². The molecule has 4 heteroatoms. The Morgan fingerprint density at radius 1 is 1.35 bits per heavy atom. The number of amides is 1. The van der Waals surface area contributed by atoms with E-state index in [1.807, 2.05) is 29.2 Å². The van der Waals surface area contributed by atoms with Gasteiger partial charge in [0.15, 0.2) is 0 Å². The van der Waals surface area contributed by atoms with Crippen LogP contribution in [0.2, 0.25) is 0 Å². The van der Waals surface area contributed by atoms with Crippen molar-refractivity contribution in [1.29, 1.82) is 0 Å². The van der Waals surface area contributed by atoms with Gasteiger partial charge >= 0.3 is 0 Å². The van der Waals surface area contributed by atoms with E-state index >= 15 is 0 Å². The monoisotopic (exact) mass is 293 g/mol. The Morgan fingerprint density at radius 2 is 2.15 bits per heavy atom. The van der Waals surface area contributed by atoms with E-state index in [0.29, 0.717) is 19.1 Å². The fourth-order valence-electron chi connectivity index (χ4n) is 3.04. The molecule has 3 nitrogen and oxygen atoms in total. The van der Waals surface area contributed by atoms with E-state index in [1.165, 1.54) is 0 Å². The third-order valence-corrected chi connectivity index (χ3v) is 5.00. The second kappa shape index (κ2) is 5.65. The molecule has 3 rings (SSSR count). The molecule has 2 heterocycles. The van der Waals surface area contributed by atoms with Crippen LogP contribution in [-0.2, 0) is 4.79 Å². The zero-order chi connectivity index (χ0) is 14.1. The van der Waals surface area contributed by atoms with Gasteiger partial charge in [-0.05, 0) is 24.8 Å². The van der Waals surface area contributed by atoms with Gasteiger partial charge in [-0.15, -0.1) is 11.6 Å². The highest BCUT2D eigenvalue weighted by Gasteiger charge is 2.34. The average Bonchev–Trinajstić information content (AvgIpc) is 2.49. The number of nitrogens with zero attached hydrogens (tertiary/aromatic N) is 1. The quantitative estimate of drug-likeness (QED) is 0.745. The average molecular weight is 294 g/mol. The normalized spacial score (nSPS) is 29.5. The Kier molecular flexibility index (Phi) is 3.88. The van der Waals surface area contributed by atoms with Crippen molar-refractivity contribution in [2.75, 3.05) is 19.7 Å². The maximum Gasteiger partial charge on any atom is 0.230 e. The van der Waals surface area contributed by atoms with E-state index in [1.54, 1.807) is 0 Å². The van der Waals surface area contributed by atoms with Crippen LogP contribution in [0.4, 0.5) is 0 Å². The van der Waals surface area contributed by atoms with Crippen LogP contribution in [0.3, 0.4) is 0 Å². The van der Waals surface area contributed by atoms with E-state index in [4.69, 9.17) is 16.3 Å². The van der Waals surface area contributed by atoms with Crippen LogP contribution in [0.5, 0.6) is 5.75 Å². The first-order chi connectivity index (χ1) is 9.66. The minimum absolute atomic E-state index is 0.0720. The summed E-state index contributed by atoms with van der Waals surface area (Å²) in [6.45, 7) is 4.26. The molecule has 0 aliphatic carbocycles. The summed E-state index contributed by atoms with van der Waals surface area (Å²) in [5.41, 5.74) is 1.02. The summed E-state index contributed by atoms with van der Waals surface area (Å²) in [7, 11) is 0. The maximum atomic E-state index is 12.8. The number of hydrogen-bond donors (Lipinski definition) is 0. The Bertz CT molecular complexity index is 505. The van der Waals surface area contributed by atoms with Crippen LogP contribution in [-0.4, -0.2) is 35.9 Å². The van der Waals surface area contributed by atoms with E-state index < -0.39 is 0 Å². The summed E-state index contributed by atoms with van der Waals surface area (Å²) in [5, 5.41) is 0.0720. The molecule has 0 radical (unpaired) electrons. The lowest BCUT2D eigenvalue weighted by atomic mass is 9.90. The Labute approximate surface area is 124 Å². The van der Waals surface area contributed by atoms with Gasteiger partial charge in [-0.2, -0.15) is 0 Å². The lowest BCUT2D eigenvalue weighted by molar-refractivity contribution is -0.134.